The van der Waals surface area contributed by atoms with E-state index in [1.807, 2.05) is 42.5 Å². The Bertz CT molecular complexity index is 644. The summed E-state index contributed by atoms with van der Waals surface area (Å²) in [6, 6.07) is 16.3. The van der Waals surface area contributed by atoms with Crippen LogP contribution < -0.4 is 5.14 Å². The highest BCUT2D eigenvalue weighted by atomic mass is 32.2. The summed E-state index contributed by atoms with van der Waals surface area (Å²) in [6.45, 7) is 0. The van der Waals surface area contributed by atoms with E-state index in [0.717, 1.165) is 11.1 Å². The van der Waals surface area contributed by atoms with E-state index in [1.165, 1.54) is 12.1 Å². The lowest BCUT2D eigenvalue weighted by Crippen LogP contribution is -2.11. The molecule has 0 aromatic heterocycles. The lowest BCUT2D eigenvalue weighted by Gasteiger charge is -1.98. The minimum absolute atomic E-state index is 0.124. The average Bonchev–Trinajstić information content (AvgIpc) is 2.37. The number of hydrogen-bond acceptors (Lipinski definition) is 2. The molecule has 0 amide bonds. The highest BCUT2D eigenvalue weighted by Crippen LogP contribution is 2.11. The van der Waals surface area contributed by atoms with Gasteiger partial charge in [-0.15, -0.1) is 0 Å². The topological polar surface area (TPSA) is 60.2 Å². The molecule has 0 fully saturated rings. The molecule has 0 saturated carbocycles. The molecule has 0 spiro atoms. The lowest BCUT2D eigenvalue weighted by molar-refractivity contribution is 0.598. The minimum Gasteiger partial charge on any atom is -0.225 e. The molecule has 0 aliphatic rings. The third kappa shape index (κ3) is 3.29. The number of rotatable bonds is 3. The van der Waals surface area contributed by atoms with Crippen molar-refractivity contribution in [1.29, 1.82) is 0 Å². The van der Waals surface area contributed by atoms with Crippen LogP contribution in [0.2, 0.25) is 0 Å². The van der Waals surface area contributed by atoms with Gasteiger partial charge in [0.25, 0.3) is 0 Å². The molecule has 0 heterocycles. The quantitative estimate of drug-likeness (QED) is 0.861. The van der Waals surface area contributed by atoms with Crippen LogP contribution in [0.15, 0.2) is 59.5 Å². The molecule has 0 atom stereocenters. The molecule has 92 valence electrons. The maximum absolute atomic E-state index is 11.1. The Hall–Kier alpha value is -1.91. The van der Waals surface area contributed by atoms with Crippen LogP contribution in [0.3, 0.4) is 0 Å². The van der Waals surface area contributed by atoms with Crippen LogP contribution in [0.4, 0.5) is 0 Å². The van der Waals surface area contributed by atoms with Gasteiger partial charge in [0.2, 0.25) is 10.0 Å². The van der Waals surface area contributed by atoms with Gasteiger partial charge in [0.05, 0.1) is 4.90 Å². The summed E-state index contributed by atoms with van der Waals surface area (Å²) in [7, 11) is -3.61. The Morgan fingerprint density at radius 1 is 0.778 bits per heavy atom. The summed E-state index contributed by atoms with van der Waals surface area (Å²) in [4.78, 5) is 0.124. The Morgan fingerprint density at radius 2 is 1.28 bits per heavy atom. The van der Waals surface area contributed by atoms with Crippen molar-refractivity contribution in [1.82, 2.24) is 0 Å². The SMILES string of the molecule is NS(=O)(=O)c1ccc(C=Cc2ccccc2)cc1. The summed E-state index contributed by atoms with van der Waals surface area (Å²) in [5.74, 6) is 0. The van der Waals surface area contributed by atoms with E-state index in [4.69, 9.17) is 5.14 Å². The van der Waals surface area contributed by atoms with Crippen molar-refractivity contribution >= 4 is 22.2 Å². The largest absolute Gasteiger partial charge is 0.238 e. The standard InChI is InChI=1S/C14H13NO2S/c15-18(16,17)14-10-8-13(9-11-14)7-6-12-4-2-1-3-5-12/h1-11H,(H2,15,16,17). The maximum Gasteiger partial charge on any atom is 0.238 e. The van der Waals surface area contributed by atoms with E-state index in [0.29, 0.717) is 0 Å². The normalized spacial score (nSPS) is 11.8. The Balaban J connectivity index is 2.19. The predicted molar refractivity (Wildman–Crippen MR) is 73.2 cm³/mol. The summed E-state index contributed by atoms with van der Waals surface area (Å²) < 4.78 is 22.2. The Labute approximate surface area is 107 Å². The zero-order chi connectivity index (χ0) is 13.0. The van der Waals surface area contributed by atoms with E-state index in [-0.39, 0.29) is 4.90 Å². The zero-order valence-electron chi connectivity index (χ0n) is 9.65. The second-order valence-corrected chi connectivity index (χ2v) is 5.42. The van der Waals surface area contributed by atoms with Crippen LogP contribution in [0.25, 0.3) is 12.2 Å². The first kappa shape index (κ1) is 12.5. The molecule has 3 nitrogen and oxygen atoms in total. The summed E-state index contributed by atoms with van der Waals surface area (Å²) in [5.41, 5.74) is 2.01. The molecule has 0 aliphatic heterocycles. The van der Waals surface area contributed by atoms with Crippen molar-refractivity contribution in [2.24, 2.45) is 5.14 Å². The highest BCUT2D eigenvalue weighted by molar-refractivity contribution is 7.89. The van der Waals surface area contributed by atoms with Gasteiger partial charge in [0, 0.05) is 0 Å². The number of sulfonamides is 1. The fourth-order valence-electron chi connectivity index (χ4n) is 1.53. The first-order valence-electron chi connectivity index (χ1n) is 5.42. The van der Waals surface area contributed by atoms with Crippen molar-refractivity contribution in [3.63, 3.8) is 0 Å². The second kappa shape index (κ2) is 5.16. The lowest BCUT2D eigenvalue weighted by atomic mass is 10.1. The molecule has 0 unspecified atom stereocenters. The molecule has 0 saturated heterocycles. The van der Waals surface area contributed by atoms with Crippen LogP contribution in [0, 0.1) is 0 Å². The van der Waals surface area contributed by atoms with E-state index >= 15 is 0 Å². The van der Waals surface area contributed by atoms with Gasteiger partial charge >= 0.3 is 0 Å². The smallest absolute Gasteiger partial charge is 0.225 e. The number of nitrogens with two attached hydrogens (primary N) is 1. The van der Waals surface area contributed by atoms with Crippen molar-refractivity contribution < 1.29 is 8.42 Å². The van der Waals surface area contributed by atoms with Crippen LogP contribution >= 0.6 is 0 Å². The zero-order valence-corrected chi connectivity index (χ0v) is 10.5. The molecule has 2 aromatic rings. The fourth-order valence-corrected chi connectivity index (χ4v) is 2.04. The van der Waals surface area contributed by atoms with Crippen molar-refractivity contribution in [3.8, 4) is 0 Å². The monoisotopic (exact) mass is 259 g/mol. The Kier molecular flexibility index (Phi) is 3.60. The molecule has 0 aliphatic carbocycles. The third-order valence-corrected chi connectivity index (χ3v) is 3.41. The van der Waals surface area contributed by atoms with E-state index in [2.05, 4.69) is 0 Å². The van der Waals surface area contributed by atoms with E-state index < -0.39 is 10.0 Å². The van der Waals surface area contributed by atoms with E-state index in [9.17, 15) is 8.42 Å². The molecule has 18 heavy (non-hydrogen) atoms. The molecule has 4 heteroatoms. The first-order chi connectivity index (χ1) is 8.55. The molecular weight excluding hydrogens is 246 g/mol. The summed E-state index contributed by atoms with van der Waals surface area (Å²) >= 11 is 0. The van der Waals surface area contributed by atoms with Gasteiger partial charge in [-0.05, 0) is 23.3 Å². The second-order valence-electron chi connectivity index (χ2n) is 3.86. The van der Waals surface area contributed by atoms with Crippen molar-refractivity contribution in [2.45, 2.75) is 4.90 Å². The van der Waals surface area contributed by atoms with Crippen LogP contribution in [0.1, 0.15) is 11.1 Å². The molecule has 0 radical (unpaired) electrons. The highest BCUT2D eigenvalue weighted by Gasteiger charge is 2.05. The van der Waals surface area contributed by atoms with Gasteiger partial charge in [-0.25, -0.2) is 13.6 Å². The minimum atomic E-state index is -3.61. The predicted octanol–water partition coefficient (Wildman–Crippen LogP) is 2.50. The van der Waals surface area contributed by atoms with Crippen LogP contribution in [-0.4, -0.2) is 8.42 Å². The maximum atomic E-state index is 11.1. The molecule has 0 bridgehead atoms. The number of hydrogen-bond donors (Lipinski definition) is 1. The molecule has 2 rings (SSSR count). The van der Waals surface area contributed by atoms with Crippen molar-refractivity contribution in [2.75, 3.05) is 0 Å². The Morgan fingerprint density at radius 3 is 1.78 bits per heavy atom. The average molecular weight is 259 g/mol. The van der Waals surface area contributed by atoms with Gasteiger partial charge in [-0.3, -0.25) is 0 Å². The number of primary sulfonamides is 1. The summed E-state index contributed by atoms with van der Waals surface area (Å²) in [5, 5.41) is 5.03. The van der Waals surface area contributed by atoms with Crippen LogP contribution in [0.5, 0.6) is 0 Å². The molecular formula is C14H13NO2S. The summed E-state index contributed by atoms with van der Waals surface area (Å²) in [6.07, 6.45) is 3.88. The van der Waals surface area contributed by atoms with Crippen LogP contribution in [-0.2, 0) is 10.0 Å². The van der Waals surface area contributed by atoms with Gasteiger partial charge in [0.1, 0.15) is 0 Å². The van der Waals surface area contributed by atoms with Gasteiger partial charge in [0.15, 0.2) is 0 Å². The first-order valence-corrected chi connectivity index (χ1v) is 6.96. The fraction of sp³-hybridized carbons (Fsp3) is 0. The van der Waals surface area contributed by atoms with Gasteiger partial charge < -0.3 is 0 Å². The van der Waals surface area contributed by atoms with Crippen molar-refractivity contribution in [3.05, 3.63) is 65.7 Å². The number of benzene rings is 2. The van der Waals surface area contributed by atoms with Gasteiger partial charge in [-0.2, -0.15) is 0 Å². The molecule has 2 aromatic carbocycles. The third-order valence-electron chi connectivity index (χ3n) is 2.48. The van der Waals surface area contributed by atoms with Gasteiger partial charge in [-0.1, -0.05) is 54.6 Å². The molecule has 2 N–H and O–H groups in total. The van der Waals surface area contributed by atoms with E-state index in [1.54, 1.807) is 12.1 Å².